The van der Waals surface area contributed by atoms with Crippen LogP contribution in [0.1, 0.15) is 18.9 Å². The minimum Gasteiger partial charge on any atom is -0.383 e. The molecule has 0 unspecified atom stereocenters. The van der Waals surface area contributed by atoms with Crippen molar-refractivity contribution >= 4 is 17.7 Å². The van der Waals surface area contributed by atoms with Crippen LogP contribution in [0.15, 0.2) is 12.3 Å². The second-order valence-electron chi connectivity index (χ2n) is 7.71. The molecule has 2 aromatic heterocycles. The van der Waals surface area contributed by atoms with Crippen LogP contribution in [0.5, 0.6) is 0 Å². The Hall–Kier alpha value is -2.70. The number of rotatable bonds is 6. The van der Waals surface area contributed by atoms with Crippen LogP contribution in [0.2, 0.25) is 0 Å². The lowest BCUT2D eigenvalue weighted by molar-refractivity contribution is 0.0593. The SMILES string of the molecule is COC[C@@H]1COCCN1c1nc(-c2c(C(F)F)ccnc2N)nc(N2CCOC[C@H]2C)n1. The molecule has 2 aliphatic rings. The number of aromatic nitrogens is 4. The summed E-state index contributed by atoms with van der Waals surface area (Å²) in [6, 6.07) is 1.12. The number of anilines is 3. The van der Waals surface area contributed by atoms with Gasteiger partial charge in [0, 0.05) is 32.0 Å². The van der Waals surface area contributed by atoms with E-state index in [0.29, 0.717) is 58.0 Å². The standard InChI is InChI=1S/C20H27F2N7O3/c1-12-9-31-7-5-28(12)19-25-18(15-14(16(21)22)3-4-24-17(15)23)26-20(27-19)29-6-8-32-11-13(29)10-30-2/h3-4,12-13,16H,5-11H2,1-2H3,(H2,23,24)/t12-,13-/m1/s1. The summed E-state index contributed by atoms with van der Waals surface area (Å²) in [6.07, 6.45) is -1.50. The Morgan fingerprint density at radius 2 is 1.81 bits per heavy atom. The number of methoxy groups -OCH3 is 1. The van der Waals surface area contributed by atoms with Crippen molar-refractivity contribution in [3.05, 3.63) is 17.8 Å². The molecule has 2 saturated heterocycles. The summed E-state index contributed by atoms with van der Waals surface area (Å²) in [6.45, 7) is 5.45. The number of ether oxygens (including phenoxy) is 3. The molecule has 2 atom stereocenters. The van der Waals surface area contributed by atoms with Gasteiger partial charge in [0.1, 0.15) is 5.82 Å². The Morgan fingerprint density at radius 1 is 1.12 bits per heavy atom. The number of halogens is 2. The Balaban J connectivity index is 1.85. The number of nitrogen functional groups attached to an aromatic ring is 1. The van der Waals surface area contributed by atoms with E-state index in [9.17, 15) is 8.78 Å². The fraction of sp³-hybridized carbons (Fsp3) is 0.600. The first-order valence-electron chi connectivity index (χ1n) is 10.5. The molecule has 0 radical (unpaired) electrons. The van der Waals surface area contributed by atoms with E-state index in [1.807, 2.05) is 16.7 Å². The van der Waals surface area contributed by atoms with Crippen molar-refractivity contribution in [3.63, 3.8) is 0 Å². The number of alkyl halides is 2. The summed E-state index contributed by atoms with van der Waals surface area (Å²) in [5.41, 5.74) is 5.76. The van der Waals surface area contributed by atoms with Gasteiger partial charge in [-0.05, 0) is 13.0 Å². The van der Waals surface area contributed by atoms with E-state index in [4.69, 9.17) is 24.9 Å². The third-order valence-corrected chi connectivity index (χ3v) is 5.55. The van der Waals surface area contributed by atoms with Crippen molar-refractivity contribution in [3.8, 4) is 11.4 Å². The molecule has 2 fully saturated rings. The fourth-order valence-corrected chi connectivity index (χ4v) is 3.91. The number of morpholine rings is 2. The lowest BCUT2D eigenvalue weighted by atomic mass is 10.1. The van der Waals surface area contributed by atoms with Crippen LogP contribution < -0.4 is 15.5 Å². The van der Waals surface area contributed by atoms with E-state index in [1.165, 1.54) is 12.3 Å². The number of pyridine rings is 1. The van der Waals surface area contributed by atoms with E-state index >= 15 is 0 Å². The van der Waals surface area contributed by atoms with Gasteiger partial charge in [-0.3, -0.25) is 0 Å². The molecule has 2 N–H and O–H groups in total. The lowest BCUT2D eigenvalue weighted by Gasteiger charge is -2.37. The molecule has 10 nitrogen and oxygen atoms in total. The van der Waals surface area contributed by atoms with Crippen molar-refractivity contribution in [2.24, 2.45) is 0 Å². The molecular formula is C20H27F2N7O3. The maximum Gasteiger partial charge on any atom is 0.264 e. The van der Waals surface area contributed by atoms with Gasteiger partial charge < -0.3 is 29.7 Å². The quantitative estimate of drug-likeness (QED) is 0.694. The molecule has 4 rings (SSSR count). The third kappa shape index (κ3) is 4.57. The minimum atomic E-state index is -2.76. The molecule has 0 bridgehead atoms. The van der Waals surface area contributed by atoms with Crippen LogP contribution in [0.3, 0.4) is 0 Å². The largest absolute Gasteiger partial charge is 0.383 e. The highest BCUT2D eigenvalue weighted by molar-refractivity contribution is 5.73. The second kappa shape index (κ2) is 9.84. The summed E-state index contributed by atoms with van der Waals surface area (Å²) in [5.74, 6) is 0.744. The number of nitrogens with two attached hydrogens (primary N) is 1. The minimum absolute atomic E-state index is 0.00660. The second-order valence-corrected chi connectivity index (χ2v) is 7.71. The number of hydrogen-bond acceptors (Lipinski definition) is 10. The molecular weight excluding hydrogens is 424 g/mol. The van der Waals surface area contributed by atoms with E-state index < -0.39 is 6.43 Å². The predicted molar refractivity (Wildman–Crippen MR) is 114 cm³/mol. The first-order valence-corrected chi connectivity index (χ1v) is 10.5. The molecule has 2 aliphatic heterocycles. The Morgan fingerprint density at radius 3 is 2.50 bits per heavy atom. The topological polar surface area (TPSA) is 112 Å². The van der Waals surface area contributed by atoms with E-state index in [-0.39, 0.29) is 34.9 Å². The van der Waals surface area contributed by atoms with E-state index in [1.54, 1.807) is 7.11 Å². The first kappa shape index (κ1) is 22.5. The molecule has 0 aromatic carbocycles. The molecule has 0 spiro atoms. The van der Waals surface area contributed by atoms with Gasteiger partial charge in [-0.1, -0.05) is 0 Å². The van der Waals surface area contributed by atoms with E-state index in [0.717, 1.165) is 0 Å². The molecule has 4 heterocycles. The number of hydrogen-bond donors (Lipinski definition) is 1. The number of nitrogens with zero attached hydrogens (tertiary/aromatic N) is 6. The van der Waals surface area contributed by atoms with Crippen LogP contribution in [-0.2, 0) is 14.2 Å². The third-order valence-electron chi connectivity index (χ3n) is 5.55. The highest BCUT2D eigenvalue weighted by Crippen LogP contribution is 2.34. The maximum atomic E-state index is 13.8. The lowest BCUT2D eigenvalue weighted by Crippen LogP contribution is -2.49. The van der Waals surface area contributed by atoms with Crippen LogP contribution in [0.25, 0.3) is 11.4 Å². The van der Waals surface area contributed by atoms with Crippen LogP contribution in [-0.4, -0.2) is 85.3 Å². The van der Waals surface area contributed by atoms with Crippen molar-refractivity contribution in [1.29, 1.82) is 0 Å². The summed E-state index contributed by atoms with van der Waals surface area (Å²) in [4.78, 5) is 21.8. The highest BCUT2D eigenvalue weighted by Gasteiger charge is 2.30. The van der Waals surface area contributed by atoms with Crippen molar-refractivity contribution in [1.82, 2.24) is 19.9 Å². The fourth-order valence-electron chi connectivity index (χ4n) is 3.91. The molecule has 0 aliphatic carbocycles. The zero-order valence-electron chi connectivity index (χ0n) is 18.1. The van der Waals surface area contributed by atoms with Crippen LogP contribution in [0, 0.1) is 0 Å². The molecule has 174 valence electrons. The molecule has 0 amide bonds. The highest BCUT2D eigenvalue weighted by atomic mass is 19.3. The zero-order chi connectivity index (χ0) is 22.7. The molecule has 2 aromatic rings. The molecule has 12 heteroatoms. The Labute approximate surface area is 184 Å². The van der Waals surface area contributed by atoms with Gasteiger partial charge in [0.15, 0.2) is 5.82 Å². The molecule has 0 saturated carbocycles. The normalized spacial score (nSPS) is 21.9. The maximum absolute atomic E-state index is 13.8. The van der Waals surface area contributed by atoms with Gasteiger partial charge in [-0.25, -0.2) is 13.8 Å². The Kier molecular flexibility index (Phi) is 6.92. The monoisotopic (exact) mass is 451 g/mol. The summed E-state index contributed by atoms with van der Waals surface area (Å²) < 4.78 is 44.1. The van der Waals surface area contributed by atoms with Gasteiger partial charge in [-0.2, -0.15) is 15.0 Å². The predicted octanol–water partition coefficient (Wildman–Crippen LogP) is 1.53. The summed E-state index contributed by atoms with van der Waals surface area (Å²) in [5, 5.41) is 0. The van der Waals surface area contributed by atoms with Crippen molar-refractivity contribution in [2.75, 3.05) is 68.8 Å². The van der Waals surface area contributed by atoms with Crippen LogP contribution >= 0.6 is 0 Å². The molecule has 32 heavy (non-hydrogen) atoms. The van der Waals surface area contributed by atoms with Gasteiger partial charge in [0.05, 0.1) is 50.7 Å². The first-order chi connectivity index (χ1) is 15.5. The smallest absolute Gasteiger partial charge is 0.264 e. The van der Waals surface area contributed by atoms with Crippen molar-refractivity contribution < 1.29 is 23.0 Å². The van der Waals surface area contributed by atoms with E-state index in [2.05, 4.69) is 15.0 Å². The van der Waals surface area contributed by atoms with Crippen LogP contribution in [0.4, 0.5) is 26.5 Å². The van der Waals surface area contributed by atoms with Crippen molar-refractivity contribution in [2.45, 2.75) is 25.4 Å². The van der Waals surface area contributed by atoms with Gasteiger partial charge in [0.2, 0.25) is 11.9 Å². The van der Waals surface area contributed by atoms with Gasteiger partial charge in [0.25, 0.3) is 6.43 Å². The average Bonchev–Trinajstić information content (AvgIpc) is 2.79. The summed E-state index contributed by atoms with van der Waals surface area (Å²) >= 11 is 0. The average molecular weight is 451 g/mol. The zero-order valence-corrected chi connectivity index (χ0v) is 18.1. The Bertz CT molecular complexity index is 934. The van der Waals surface area contributed by atoms with Gasteiger partial charge >= 0.3 is 0 Å². The summed E-state index contributed by atoms with van der Waals surface area (Å²) in [7, 11) is 1.61. The van der Waals surface area contributed by atoms with Gasteiger partial charge in [-0.15, -0.1) is 0 Å².